The molecular formula is C24H22N2O5S2. The van der Waals surface area contributed by atoms with Crippen molar-refractivity contribution in [1.29, 1.82) is 0 Å². The Morgan fingerprint density at radius 1 is 0.758 bits per heavy atom. The Kier molecular flexibility index (Phi) is 7.17. The van der Waals surface area contributed by atoms with Crippen molar-refractivity contribution in [2.75, 3.05) is 11.1 Å². The molecule has 0 unspecified atom stereocenters. The van der Waals surface area contributed by atoms with Crippen LogP contribution in [0.25, 0.3) is 10.8 Å². The van der Waals surface area contributed by atoms with Crippen molar-refractivity contribution in [3.05, 3.63) is 103 Å². The molecule has 0 atom stereocenters. The number of nitrogens with one attached hydrogen (secondary N) is 1. The summed E-state index contributed by atoms with van der Waals surface area (Å²) in [5, 5.41) is 5.29. The number of hydrogen-bond donors (Lipinski definition) is 3. The van der Waals surface area contributed by atoms with Crippen LogP contribution >= 0.6 is 0 Å². The number of rotatable bonds is 5. The van der Waals surface area contributed by atoms with Crippen molar-refractivity contribution < 1.29 is 21.4 Å². The monoisotopic (exact) mass is 482 g/mol. The molecule has 4 rings (SSSR count). The van der Waals surface area contributed by atoms with Crippen molar-refractivity contribution in [3.63, 3.8) is 0 Å². The van der Waals surface area contributed by atoms with Crippen molar-refractivity contribution in [2.45, 2.75) is 9.79 Å². The molecule has 4 aromatic rings. The molecule has 0 aliphatic rings. The maximum atomic E-state index is 11.6. The van der Waals surface area contributed by atoms with Crippen LogP contribution in [0.1, 0.15) is 0 Å². The highest BCUT2D eigenvalue weighted by Crippen LogP contribution is 2.31. The minimum atomic E-state index is -4.28. The van der Waals surface area contributed by atoms with Crippen LogP contribution in [-0.2, 0) is 20.0 Å². The molecule has 7 nitrogen and oxygen atoms in total. The second-order valence-electron chi connectivity index (χ2n) is 6.88. The molecule has 0 saturated carbocycles. The molecular weight excluding hydrogens is 460 g/mol. The molecule has 9 heteroatoms. The number of anilines is 3. The largest absolute Gasteiger partial charge is 0.398 e. The van der Waals surface area contributed by atoms with E-state index in [9.17, 15) is 21.4 Å². The van der Waals surface area contributed by atoms with E-state index in [0.29, 0.717) is 11.1 Å². The van der Waals surface area contributed by atoms with E-state index in [1.54, 1.807) is 36.4 Å². The van der Waals surface area contributed by atoms with Crippen LogP contribution < -0.4 is 11.1 Å². The quantitative estimate of drug-likeness (QED) is 0.269. The number of nitrogens with two attached hydrogens (primary N) is 1. The lowest BCUT2D eigenvalue weighted by atomic mass is 10.1. The Balaban J connectivity index is 0.000000218. The third kappa shape index (κ3) is 5.78. The maximum absolute atomic E-state index is 11.6. The van der Waals surface area contributed by atoms with E-state index in [-0.39, 0.29) is 15.5 Å². The number of fused-ring (bicyclic) bond motifs is 1. The van der Waals surface area contributed by atoms with E-state index in [1.807, 2.05) is 36.4 Å². The highest BCUT2D eigenvalue weighted by Gasteiger charge is 2.16. The van der Waals surface area contributed by atoms with Crippen LogP contribution in [-0.4, -0.2) is 21.4 Å². The Hall–Kier alpha value is -3.66. The van der Waals surface area contributed by atoms with Gasteiger partial charge in [0, 0.05) is 22.2 Å². The lowest BCUT2D eigenvalue weighted by molar-refractivity contribution is 0.484. The molecule has 0 aliphatic heterocycles. The first-order chi connectivity index (χ1) is 15.6. The number of sulfone groups is 1. The summed E-state index contributed by atoms with van der Waals surface area (Å²) in [5.74, 6) is 0. The minimum Gasteiger partial charge on any atom is -0.398 e. The highest BCUT2D eigenvalue weighted by atomic mass is 32.2. The normalized spacial score (nSPS) is 11.3. The molecule has 4 N–H and O–H groups in total. The summed E-state index contributed by atoms with van der Waals surface area (Å²) in [5.41, 5.74) is 7.18. The van der Waals surface area contributed by atoms with Gasteiger partial charge >= 0.3 is 0 Å². The Bertz CT molecular complexity index is 1500. The van der Waals surface area contributed by atoms with Gasteiger partial charge in [-0.2, -0.15) is 8.42 Å². The van der Waals surface area contributed by atoms with Crippen LogP contribution in [0.4, 0.5) is 17.1 Å². The van der Waals surface area contributed by atoms with Gasteiger partial charge in [0.05, 0.1) is 10.6 Å². The molecule has 0 saturated heterocycles. The van der Waals surface area contributed by atoms with Gasteiger partial charge in [0.15, 0.2) is 0 Å². The fraction of sp³-hybridized carbons (Fsp3) is 0. The highest BCUT2D eigenvalue weighted by molar-refractivity contribution is 7.94. The Labute approximate surface area is 192 Å². The Morgan fingerprint density at radius 2 is 1.33 bits per heavy atom. The van der Waals surface area contributed by atoms with E-state index in [1.165, 1.54) is 18.2 Å². The zero-order chi connectivity index (χ0) is 24.1. The zero-order valence-electron chi connectivity index (χ0n) is 17.4. The number of benzene rings is 4. The summed E-state index contributed by atoms with van der Waals surface area (Å²) in [4.78, 5) is 0.0130. The summed E-state index contributed by atoms with van der Waals surface area (Å²) in [6.45, 7) is 3.21. The SMILES string of the molecule is C=CS(=O)(=O)c1ccccc1N.O=S(=O)(O)c1cccc2cccc(Nc3ccccc3)c12. The van der Waals surface area contributed by atoms with Gasteiger partial charge in [-0.25, -0.2) is 8.42 Å². The molecule has 170 valence electrons. The van der Waals surface area contributed by atoms with Crippen LogP contribution in [0.5, 0.6) is 0 Å². The molecule has 33 heavy (non-hydrogen) atoms. The second kappa shape index (κ2) is 9.86. The molecule has 4 aromatic carbocycles. The molecule has 0 amide bonds. The van der Waals surface area contributed by atoms with E-state index in [4.69, 9.17) is 5.73 Å². The standard InChI is InChI=1S/C16H13NO3S.C8H9NO2S/c18-21(19,20)15-11-5-7-12-6-4-10-14(16(12)15)17-13-8-2-1-3-9-13;1-2-12(10,11)8-6-4-3-5-7(8)9/h1-11,17H,(H,18,19,20);2-6H,1,9H2. The van der Waals surface area contributed by atoms with Crippen LogP contribution in [0.3, 0.4) is 0 Å². The number of para-hydroxylation sites is 2. The van der Waals surface area contributed by atoms with E-state index in [0.717, 1.165) is 16.5 Å². The average molecular weight is 483 g/mol. The van der Waals surface area contributed by atoms with Crippen molar-refractivity contribution in [2.24, 2.45) is 0 Å². The first-order valence-corrected chi connectivity index (χ1v) is 12.7. The maximum Gasteiger partial charge on any atom is 0.295 e. The van der Waals surface area contributed by atoms with Gasteiger partial charge in [0.2, 0.25) is 9.84 Å². The number of hydrogen-bond acceptors (Lipinski definition) is 6. The predicted octanol–water partition coefficient (Wildman–Crippen LogP) is 5.02. The van der Waals surface area contributed by atoms with Gasteiger partial charge in [-0.05, 0) is 41.8 Å². The molecule has 0 aliphatic carbocycles. The van der Waals surface area contributed by atoms with Gasteiger partial charge in [0.25, 0.3) is 10.1 Å². The summed E-state index contributed by atoms with van der Waals surface area (Å²) in [6.07, 6.45) is 0. The summed E-state index contributed by atoms with van der Waals surface area (Å²) in [6, 6.07) is 26.0. The lowest BCUT2D eigenvalue weighted by Crippen LogP contribution is -2.01. The van der Waals surface area contributed by atoms with E-state index >= 15 is 0 Å². The molecule has 0 aromatic heterocycles. The van der Waals surface area contributed by atoms with Gasteiger partial charge in [-0.1, -0.05) is 61.2 Å². The summed E-state index contributed by atoms with van der Waals surface area (Å²) < 4.78 is 55.0. The molecule has 0 bridgehead atoms. The number of nitrogen functional groups attached to an aromatic ring is 1. The van der Waals surface area contributed by atoms with E-state index in [2.05, 4.69) is 11.9 Å². The lowest BCUT2D eigenvalue weighted by Gasteiger charge is -2.12. The van der Waals surface area contributed by atoms with Crippen LogP contribution in [0.15, 0.2) is 113 Å². The third-order valence-electron chi connectivity index (χ3n) is 4.64. The zero-order valence-corrected chi connectivity index (χ0v) is 19.1. The summed E-state index contributed by atoms with van der Waals surface area (Å²) >= 11 is 0. The van der Waals surface area contributed by atoms with Crippen LogP contribution in [0, 0.1) is 0 Å². The second-order valence-corrected chi connectivity index (χ2v) is 10.1. The van der Waals surface area contributed by atoms with Crippen molar-refractivity contribution in [1.82, 2.24) is 0 Å². The van der Waals surface area contributed by atoms with Gasteiger partial charge in [-0.15, -0.1) is 0 Å². The third-order valence-corrected chi connectivity index (χ3v) is 6.96. The Morgan fingerprint density at radius 3 is 1.94 bits per heavy atom. The molecule has 0 radical (unpaired) electrons. The first-order valence-electron chi connectivity index (χ1n) is 9.67. The van der Waals surface area contributed by atoms with E-state index < -0.39 is 20.0 Å². The van der Waals surface area contributed by atoms with Gasteiger partial charge in [0.1, 0.15) is 4.90 Å². The van der Waals surface area contributed by atoms with Crippen molar-refractivity contribution >= 4 is 47.8 Å². The van der Waals surface area contributed by atoms with Crippen LogP contribution in [0.2, 0.25) is 0 Å². The molecule has 0 fully saturated rings. The fourth-order valence-corrected chi connectivity index (χ4v) is 4.71. The smallest absolute Gasteiger partial charge is 0.295 e. The average Bonchev–Trinajstić information content (AvgIpc) is 2.79. The van der Waals surface area contributed by atoms with Gasteiger partial charge < -0.3 is 11.1 Å². The molecule has 0 heterocycles. The van der Waals surface area contributed by atoms with Gasteiger partial charge in [-0.3, -0.25) is 4.55 Å². The minimum absolute atomic E-state index is 0.0981. The predicted molar refractivity (Wildman–Crippen MR) is 132 cm³/mol. The molecule has 0 spiro atoms. The summed E-state index contributed by atoms with van der Waals surface area (Å²) in [7, 11) is -7.67. The first kappa shape index (κ1) is 24.0. The fourth-order valence-electron chi connectivity index (χ4n) is 3.13. The van der Waals surface area contributed by atoms with Crippen molar-refractivity contribution in [3.8, 4) is 0 Å². The topological polar surface area (TPSA) is 127 Å².